The molecule has 0 saturated heterocycles. The lowest BCUT2D eigenvalue weighted by molar-refractivity contribution is -0.384. The van der Waals surface area contributed by atoms with Crippen LogP contribution in [0.15, 0.2) is 18.2 Å². The Morgan fingerprint density at radius 3 is 2.72 bits per heavy atom. The van der Waals surface area contributed by atoms with Crippen molar-refractivity contribution in [2.45, 2.75) is 0 Å². The smallest absolute Gasteiger partial charge is 0.338 e. The highest BCUT2D eigenvalue weighted by atomic mass is 35.5. The molecule has 0 unspecified atom stereocenters. The number of esters is 1. The van der Waals surface area contributed by atoms with Crippen molar-refractivity contribution >= 4 is 29.2 Å². The second-order valence-corrected chi connectivity index (χ2v) is 3.58. The standard InChI is InChI=1S/C10H9ClN2O5/c1-12-9(14)5-18-10(15)6-2-3-7(11)8(4-6)13(16)17/h2-4H,5H2,1H3,(H,12,14). The molecule has 0 saturated carbocycles. The normalized spacial score (nSPS) is 9.67. The summed E-state index contributed by atoms with van der Waals surface area (Å²) >= 11 is 5.59. The van der Waals surface area contributed by atoms with E-state index in [4.69, 9.17) is 11.6 Å². The monoisotopic (exact) mass is 272 g/mol. The van der Waals surface area contributed by atoms with E-state index in [9.17, 15) is 19.7 Å². The van der Waals surface area contributed by atoms with Crippen molar-refractivity contribution in [1.82, 2.24) is 5.32 Å². The summed E-state index contributed by atoms with van der Waals surface area (Å²) in [7, 11) is 1.39. The van der Waals surface area contributed by atoms with Crippen molar-refractivity contribution < 1.29 is 19.2 Å². The van der Waals surface area contributed by atoms with E-state index in [1.54, 1.807) is 0 Å². The predicted octanol–water partition coefficient (Wildman–Crippen LogP) is 1.15. The number of nitro groups is 1. The van der Waals surface area contributed by atoms with E-state index in [1.165, 1.54) is 19.2 Å². The molecule has 8 heteroatoms. The third-order valence-electron chi connectivity index (χ3n) is 1.99. The third kappa shape index (κ3) is 3.42. The molecule has 0 aliphatic carbocycles. The fourth-order valence-corrected chi connectivity index (χ4v) is 1.25. The van der Waals surface area contributed by atoms with Gasteiger partial charge in [0.25, 0.3) is 11.6 Å². The summed E-state index contributed by atoms with van der Waals surface area (Å²) in [5.74, 6) is -1.31. The molecule has 0 radical (unpaired) electrons. The van der Waals surface area contributed by atoms with Crippen LogP contribution in [0.25, 0.3) is 0 Å². The van der Waals surface area contributed by atoms with Crippen molar-refractivity contribution in [3.05, 3.63) is 38.9 Å². The maximum absolute atomic E-state index is 11.5. The van der Waals surface area contributed by atoms with E-state index in [-0.39, 0.29) is 10.6 Å². The fraction of sp³-hybridized carbons (Fsp3) is 0.200. The Balaban J connectivity index is 2.84. The maximum atomic E-state index is 11.5. The Labute approximate surface area is 107 Å². The number of rotatable bonds is 4. The number of nitro benzene ring substituents is 1. The highest BCUT2D eigenvalue weighted by molar-refractivity contribution is 6.32. The SMILES string of the molecule is CNC(=O)COC(=O)c1ccc(Cl)c([N+](=O)[O-])c1. The molecule has 0 fully saturated rings. The molecular formula is C10H9ClN2O5. The quantitative estimate of drug-likeness (QED) is 0.503. The molecule has 96 valence electrons. The molecule has 1 rings (SSSR count). The van der Waals surface area contributed by atoms with E-state index in [0.29, 0.717) is 0 Å². The van der Waals surface area contributed by atoms with E-state index < -0.39 is 29.1 Å². The Hall–Kier alpha value is -2.15. The summed E-state index contributed by atoms with van der Waals surface area (Å²) in [6.07, 6.45) is 0. The van der Waals surface area contributed by atoms with Crippen molar-refractivity contribution in [3.8, 4) is 0 Å². The maximum Gasteiger partial charge on any atom is 0.338 e. The number of benzene rings is 1. The van der Waals surface area contributed by atoms with Crippen molar-refractivity contribution in [3.63, 3.8) is 0 Å². The minimum Gasteiger partial charge on any atom is -0.452 e. The molecule has 18 heavy (non-hydrogen) atoms. The molecule has 0 aromatic heterocycles. The molecule has 1 aromatic rings. The van der Waals surface area contributed by atoms with E-state index in [2.05, 4.69) is 10.1 Å². The molecule has 1 aromatic carbocycles. The molecule has 0 aliphatic rings. The minimum atomic E-state index is -0.835. The van der Waals surface area contributed by atoms with Crippen LogP contribution in [0.2, 0.25) is 5.02 Å². The summed E-state index contributed by atoms with van der Waals surface area (Å²) in [6, 6.07) is 3.49. The highest BCUT2D eigenvalue weighted by Crippen LogP contribution is 2.25. The van der Waals surface area contributed by atoms with Gasteiger partial charge in [-0.2, -0.15) is 0 Å². The largest absolute Gasteiger partial charge is 0.452 e. The van der Waals surface area contributed by atoms with Crippen molar-refractivity contribution in [2.24, 2.45) is 0 Å². The van der Waals surface area contributed by atoms with Gasteiger partial charge in [-0.1, -0.05) is 11.6 Å². The molecule has 0 bridgehead atoms. The molecule has 1 amide bonds. The lowest BCUT2D eigenvalue weighted by Gasteiger charge is -2.04. The van der Waals surface area contributed by atoms with E-state index >= 15 is 0 Å². The van der Waals surface area contributed by atoms with Crippen LogP contribution >= 0.6 is 11.6 Å². The van der Waals surface area contributed by atoms with Crippen molar-refractivity contribution in [2.75, 3.05) is 13.7 Å². The lowest BCUT2D eigenvalue weighted by Crippen LogP contribution is -2.25. The summed E-state index contributed by atoms with van der Waals surface area (Å²) in [5.41, 5.74) is -0.443. The van der Waals surface area contributed by atoms with Gasteiger partial charge in [0.2, 0.25) is 0 Å². The first kappa shape index (κ1) is 13.9. The van der Waals surface area contributed by atoms with Crippen LogP contribution in [0.4, 0.5) is 5.69 Å². The average molecular weight is 273 g/mol. The summed E-state index contributed by atoms with van der Waals surface area (Å²) in [6.45, 7) is -0.453. The summed E-state index contributed by atoms with van der Waals surface area (Å²) < 4.78 is 4.64. The number of nitrogens with zero attached hydrogens (tertiary/aromatic N) is 1. The van der Waals surface area contributed by atoms with Crippen LogP contribution in [0.1, 0.15) is 10.4 Å². The fourth-order valence-electron chi connectivity index (χ4n) is 1.07. The number of hydrogen-bond donors (Lipinski definition) is 1. The number of hydrogen-bond acceptors (Lipinski definition) is 5. The third-order valence-corrected chi connectivity index (χ3v) is 2.31. The van der Waals surface area contributed by atoms with Gasteiger partial charge >= 0.3 is 5.97 Å². The van der Waals surface area contributed by atoms with E-state index in [0.717, 1.165) is 6.07 Å². The molecule has 0 atom stereocenters. The first-order valence-electron chi connectivity index (χ1n) is 4.77. The predicted molar refractivity (Wildman–Crippen MR) is 62.5 cm³/mol. The zero-order valence-corrected chi connectivity index (χ0v) is 10.1. The van der Waals surface area contributed by atoms with Gasteiger partial charge in [-0.15, -0.1) is 0 Å². The Morgan fingerprint density at radius 1 is 1.50 bits per heavy atom. The van der Waals surface area contributed by atoms with Gasteiger partial charge in [0.1, 0.15) is 5.02 Å². The molecular weight excluding hydrogens is 264 g/mol. The number of amides is 1. The van der Waals surface area contributed by atoms with Gasteiger partial charge in [-0.05, 0) is 12.1 Å². The van der Waals surface area contributed by atoms with Gasteiger partial charge < -0.3 is 10.1 Å². The second-order valence-electron chi connectivity index (χ2n) is 3.17. The Morgan fingerprint density at radius 2 is 2.17 bits per heavy atom. The second kappa shape index (κ2) is 5.97. The Bertz CT molecular complexity index is 503. The Kier molecular flexibility index (Phi) is 4.61. The number of halogens is 1. The van der Waals surface area contributed by atoms with Crippen molar-refractivity contribution in [1.29, 1.82) is 0 Å². The summed E-state index contributed by atoms with van der Waals surface area (Å²) in [5, 5.41) is 12.8. The summed E-state index contributed by atoms with van der Waals surface area (Å²) in [4.78, 5) is 32.2. The molecule has 0 aliphatic heterocycles. The van der Waals surface area contributed by atoms with Crippen LogP contribution in [0, 0.1) is 10.1 Å². The first-order chi connectivity index (χ1) is 8.45. The van der Waals surface area contributed by atoms with Gasteiger partial charge in [0.15, 0.2) is 6.61 Å². The molecule has 7 nitrogen and oxygen atoms in total. The molecule has 1 N–H and O–H groups in total. The highest BCUT2D eigenvalue weighted by Gasteiger charge is 2.17. The lowest BCUT2D eigenvalue weighted by atomic mass is 10.2. The number of likely N-dealkylation sites (N-methyl/N-ethyl adjacent to an activating group) is 1. The van der Waals surface area contributed by atoms with E-state index in [1.807, 2.05) is 0 Å². The zero-order valence-electron chi connectivity index (χ0n) is 9.31. The number of ether oxygens (including phenoxy) is 1. The topological polar surface area (TPSA) is 98.5 Å². The molecule has 0 heterocycles. The minimum absolute atomic E-state index is 0.0463. The zero-order chi connectivity index (χ0) is 13.7. The van der Waals surface area contributed by atoms with Gasteiger partial charge in [-0.25, -0.2) is 4.79 Å². The van der Waals surface area contributed by atoms with Crippen LogP contribution in [0.5, 0.6) is 0 Å². The number of nitrogens with one attached hydrogen (secondary N) is 1. The molecule has 0 spiro atoms. The first-order valence-corrected chi connectivity index (χ1v) is 5.15. The van der Waals surface area contributed by atoms with Gasteiger partial charge in [0, 0.05) is 13.1 Å². The van der Waals surface area contributed by atoms with Gasteiger partial charge in [0.05, 0.1) is 10.5 Å². The van der Waals surface area contributed by atoms with Crippen LogP contribution in [0.3, 0.4) is 0 Å². The van der Waals surface area contributed by atoms with Crippen LogP contribution < -0.4 is 5.32 Å². The van der Waals surface area contributed by atoms with Gasteiger partial charge in [-0.3, -0.25) is 14.9 Å². The van der Waals surface area contributed by atoms with Crippen LogP contribution in [-0.2, 0) is 9.53 Å². The number of carbonyl (C=O) groups excluding carboxylic acids is 2. The number of carbonyl (C=O) groups is 2. The average Bonchev–Trinajstić information content (AvgIpc) is 2.35. The van der Waals surface area contributed by atoms with Crippen LogP contribution in [-0.4, -0.2) is 30.5 Å².